The first-order chi connectivity index (χ1) is 7.74. The fourth-order valence-corrected chi connectivity index (χ4v) is 2.79. The summed E-state index contributed by atoms with van der Waals surface area (Å²) in [6, 6.07) is 8.04. The van der Waals surface area contributed by atoms with Crippen LogP contribution in [0.3, 0.4) is 0 Å². The molecule has 1 aliphatic rings. The molecule has 3 rings (SSSR count). The van der Waals surface area contributed by atoms with Crippen molar-refractivity contribution in [1.82, 2.24) is 4.98 Å². The topological polar surface area (TPSA) is 59.2 Å². The van der Waals surface area contributed by atoms with Gasteiger partial charge in [-0.25, -0.2) is 4.98 Å². The highest BCUT2D eigenvalue weighted by Crippen LogP contribution is 2.32. The number of benzene rings is 1. The molecular weight excluding hydrogens is 222 g/mol. The van der Waals surface area contributed by atoms with Gasteiger partial charge < -0.3 is 10.6 Å². The second-order valence-corrected chi connectivity index (χ2v) is 4.98. The number of nitrogens with two attached hydrogens (primary N) is 1. The van der Waals surface area contributed by atoms with Gasteiger partial charge in [0.1, 0.15) is 0 Å². The summed E-state index contributed by atoms with van der Waals surface area (Å²) in [6.07, 6.45) is 0. The number of primary amides is 1. The minimum absolute atomic E-state index is 0.00740. The van der Waals surface area contributed by atoms with Gasteiger partial charge in [-0.2, -0.15) is 0 Å². The molecule has 5 heteroatoms. The van der Waals surface area contributed by atoms with Crippen LogP contribution in [-0.2, 0) is 4.79 Å². The van der Waals surface area contributed by atoms with Crippen LogP contribution >= 0.6 is 11.3 Å². The highest BCUT2D eigenvalue weighted by atomic mass is 32.1. The lowest BCUT2D eigenvalue weighted by molar-refractivity contribution is -0.122. The van der Waals surface area contributed by atoms with E-state index in [0.717, 1.165) is 10.6 Å². The molecule has 82 valence electrons. The van der Waals surface area contributed by atoms with E-state index in [2.05, 4.69) is 16.0 Å². The van der Waals surface area contributed by atoms with Crippen molar-refractivity contribution in [2.75, 3.05) is 18.0 Å². The van der Waals surface area contributed by atoms with E-state index < -0.39 is 0 Å². The Hall–Kier alpha value is -1.62. The molecule has 0 bridgehead atoms. The molecule has 1 aromatic heterocycles. The molecule has 1 fully saturated rings. The maximum Gasteiger partial charge on any atom is 0.224 e. The Balaban J connectivity index is 1.83. The molecule has 2 aromatic rings. The molecule has 2 heterocycles. The summed E-state index contributed by atoms with van der Waals surface area (Å²) in [6.45, 7) is 1.41. The molecule has 1 aromatic carbocycles. The number of amides is 1. The van der Waals surface area contributed by atoms with E-state index in [1.807, 2.05) is 18.2 Å². The van der Waals surface area contributed by atoms with E-state index in [1.54, 1.807) is 11.3 Å². The Morgan fingerprint density at radius 1 is 1.44 bits per heavy atom. The molecule has 0 saturated carbocycles. The van der Waals surface area contributed by atoms with Crippen LogP contribution < -0.4 is 10.6 Å². The number of carbonyl (C=O) groups excluding carboxylic acids is 1. The largest absolute Gasteiger partial charge is 0.369 e. The SMILES string of the molecule is NC(=O)C1CN(c2nc3ccccc3s2)C1. The summed E-state index contributed by atoms with van der Waals surface area (Å²) in [7, 11) is 0. The van der Waals surface area contributed by atoms with Crippen LogP contribution in [0.4, 0.5) is 5.13 Å². The number of rotatable bonds is 2. The van der Waals surface area contributed by atoms with Gasteiger partial charge in [0, 0.05) is 13.1 Å². The Morgan fingerprint density at radius 3 is 2.88 bits per heavy atom. The smallest absolute Gasteiger partial charge is 0.224 e. The van der Waals surface area contributed by atoms with Crippen LogP contribution in [0.15, 0.2) is 24.3 Å². The van der Waals surface area contributed by atoms with Gasteiger partial charge in [0.05, 0.1) is 16.1 Å². The molecule has 16 heavy (non-hydrogen) atoms. The van der Waals surface area contributed by atoms with Crippen molar-refractivity contribution in [3.63, 3.8) is 0 Å². The Morgan fingerprint density at radius 2 is 2.19 bits per heavy atom. The number of thiazole rings is 1. The molecule has 0 unspecified atom stereocenters. The number of anilines is 1. The molecule has 0 atom stereocenters. The lowest BCUT2D eigenvalue weighted by Crippen LogP contribution is -2.52. The predicted octanol–water partition coefficient (Wildman–Crippen LogP) is 1.22. The van der Waals surface area contributed by atoms with E-state index in [0.29, 0.717) is 13.1 Å². The van der Waals surface area contributed by atoms with Crippen LogP contribution in [0.1, 0.15) is 0 Å². The van der Waals surface area contributed by atoms with Crippen LogP contribution in [0.25, 0.3) is 10.2 Å². The Labute approximate surface area is 96.7 Å². The van der Waals surface area contributed by atoms with Crippen LogP contribution in [0.2, 0.25) is 0 Å². The molecule has 2 N–H and O–H groups in total. The van der Waals surface area contributed by atoms with Gasteiger partial charge in [0.2, 0.25) is 5.91 Å². The Kier molecular flexibility index (Phi) is 2.07. The summed E-state index contributed by atoms with van der Waals surface area (Å²) in [5.74, 6) is -0.218. The quantitative estimate of drug-likeness (QED) is 0.848. The van der Waals surface area contributed by atoms with Gasteiger partial charge in [0.15, 0.2) is 5.13 Å². The van der Waals surface area contributed by atoms with Crippen molar-refractivity contribution >= 4 is 32.6 Å². The number of aromatic nitrogens is 1. The maximum absolute atomic E-state index is 10.9. The molecule has 0 spiro atoms. The lowest BCUT2D eigenvalue weighted by Gasteiger charge is -2.36. The zero-order valence-corrected chi connectivity index (χ0v) is 9.41. The van der Waals surface area contributed by atoms with E-state index in [1.165, 1.54) is 4.70 Å². The predicted molar refractivity (Wildman–Crippen MR) is 64.5 cm³/mol. The number of para-hydroxylation sites is 1. The second kappa shape index (κ2) is 3.45. The van der Waals surface area contributed by atoms with Crippen molar-refractivity contribution < 1.29 is 4.79 Å². The Bertz CT molecular complexity index is 512. The minimum Gasteiger partial charge on any atom is -0.369 e. The third-order valence-electron chi connectivity index (χ3n) is 2.84. The number of hydrogen-bond acceptors (Lipinski definition) is 4. The molecule has 0 aliphatic carbocycles. The monoisotopic (exact) mass is 233 g/mol. The molecule has 4 nitrogen and oxygen atoms in total. The van der Waals surface area contributed by atoms with Crippen LogP contribution in [-0.4, -0.2) is 24.0 Å². The molecule has 1 aliphatic heterocycles. The summed E-state index contributed by atoms with van der Waals surface area (Å²) in [5, 5.41) is 0.985. The zero-order valence-electron chi connectivity index (χ0n) is 8.59. The fraction of sp³-hybridized carbons (Fsp3) is 0.273. The average Bonchev–Trinajstić information content (AvgIpc) is 2.57. The van der Waals surface area contributed by atoms with Crippen molar-refractivity contribution in [1.29, 1.82) is 0 Å². The number of nitrogens with zero attached hydrogens (tertiary/aromatic N) is 2. The van der Waals surface area contributed by atoms with E-state index in [-0.39, 0.29) is 11.8 Å². The van der Waals surface area contributed by atoms with Gasteiger partial charge in [-0.1, -0.05) is 23.5 Å². The third kappa shape index (κ3) is 1.44. The summed E-state index contributed by atoms with van der Waals surface area (Å²) >= 11 is 1.66. The average molecular weight is 233 g/mol. The van der Waals surface area contributed by atoms with E-state index >= 15 is 0 Å². The first kappa shape index (κ1) is 9.59. The summed E-state index contributed by atoms with van der Waals surface area (Å²) < 4.78 is 1.18. The van der Waals surface area contributed by atoms with Gasteiger partial charge >= 0.3 is 0 Å². The molecular formula is C11H11N3OS. The fourth-order valence-electron chi connectivity index (χ4n) is 1.81. The van der Waals surface area contributed by atoms with Crippen molar-refractivity contribution in [3.05, 3.63) is 24.3 Å². The zero-order chi connectivity index (χ0) is 11.1. The first-order valence-electron chi connectivity index (χ1n) is 5.14. The first-order valence-corrected chi connectivity index (χ1v) is 5.95. The third-order valence-corrected chi connectivity index (χ3v) is 3.93. The van der Waals surface area contributed by atoms with Gasteiger partial charge in [0.25, 0.3) is 0 Å². The number of carbonyl (C=O) groups is 1. The maximum atomic E-state index is 10.9. The molecule has 1 saturated heterocycles. The highest BCUT2D eigenvalue weighted by Gasteiger charge is 2.32. The number of hydrogen-bond donors (Lipinski definition) is 1. The van der Waals surface area contributed by atoms with Crippen LogP contribution in [0.5, 0.6) is 0 Å². The van der Waals surface area contributed by atoms with Crippen molar-refractivity contribution in [3.8, 4) is 0 Å². The molecule has 0 radical (unpaired) electrons. The van der Waals surface area contributed by atoms with Gasteiger partial charge in [-0.05, 0) is 12.1 Å². The van der Waals surface area contributed by atoms with Gasteiger partial charge in [-0.3, -0.25) is 4.79 Å². The second-order valence-electron chi connectivity index (χ2n) is 3.97. The standard InChI is InChI=1S/C11H11N3OS/c12-10(15)7-5-14(6-7)11-13-8-3-1-2-4-9(8)16-11/h1-4,7H,5-6H2,(H2,12,15). The summed E-state index contributed by atoms with van der Waals surface area (Å²) in [5.41, 5.74) is 6.25. The highest BCUT2D eigenvalue weighted by molar-refractivity contribution is 7.22. The van der Waals surface area contributed by atoms with Crippen molar-refractivity contribution in [2.45, 2.75) is 0 Å². The number of fused-ring (bicyclic) bond motifs is 1. The van der Waals surface area contributed by atoms with Gasteiger partial charge in [-0.15, -0.1) is 0 Å². The molecule has 1 amide bonds. The van der Waals surface area contributed by atoms with Crippen molar-refractivity contribution in [2.24, 2.45) is 11.7 Å². The van der Waals surface area contributed by atoms with Crippen LogP contribution in [0, 0.1) is 5.92 Å². The minimum atomic E-state index is -0.211. The lowest BCUT2D eigenvalue weighted by atomic mass is 10.0. The summed E-state index contributed by atoms with van der Waals surface area (Å²) in [4.78, 5) is 17.5. The normalized spacial score (nSPS) is 16.4. The van der Waals surface area contributed by atoms with E-state index in [9.17, 15) is 4.79 Å². The van der Waals surface area contributed by atoms with E-state index in [4.69, 9.17) is 5.73 Å².